The summed E-state index contributed by atoms with van der Waals surface area (Å²) in [4.78, 5) is 14.1. The van der Waals surface area contributed by atoms with Gasteiger partial charge in [-0.15, -0.1) is 4.83 Å². The van der Waals surface area contributed by atoms with E-state index in [2.05, 4.69) is 10.3 Å². The van der Waals surface area contributed by atoms with E-state index in [-0.39, 0.29) is 15.5 Å². The van der Waals surface area contributed by atoms with Crippen LogP contribution in [-0.4, -0.2) is 14.3 Å². The van der Waals surface area contributed by atoms with Crippen LogP contribution in [-0.2, 0) is 10.0 Å². The van der Waals surface area contributed by atoms with Gasteiger partial charge in [0.2, 0.25) is 0 Å². The van der Waals surface area contributed by atoms with Crippen molar-refractivity contribution in [2.45, 2.75) is 18.7 Å². The van der Waals surface area contributed by atoms with Gasteiger partial charge in [-0.25, -0.2) is 8.42 Å². The second-order valence-corrected chi connectivity index (χ2v) is 6.88. The average Bonchev–Trinajstić information content (AvgIpc) is 2.48. The standard InChI is InChI=1S/C15H15ClN2O3S/c1-10-7-8-12(9-11(10)2)22(20,21)18-17-15(19)13-5-3-4-6-14(13)16/h3-9,18H,1-2H3,(H,17,19). The van der Waals surface area contributed by atoms with Crippen LogP contribution in [0.25, 0.3) is 0 Å². The van der Waals surface area contributed by atoms with E-state index in [1.807, 2.05) is 13.8 Å². The molecule has 5 nitrogen and oxygen atoms in total. The number of carbonyl (C=O) groups is 1. The largest absolute Gasteiger partial charge is 0.273 e. The maximum atomic E-state index is 12.2. The highest BCUT2D eigenvalue weighted by Crippen LogP contribution is 2.16. The van der Waals surface area contributed by atoms with E-state index >= 15 is 0 Å². The first-order valence-corrected chi connectivity index (χ1v) is 8.31. The summed E-state index contributed by atoms with van der Waals surface area (Å²) in [7, 11) is -3.84. The highest BCUT2D eigenvalue weighted by molar-refractivity contribution is 7.89. The van der Waals surface area contributed by atoms with Gasteiger partial charge in [0, 0.05) is 0 Å². The fourth-order valence-electron chi connectivity index (χ4n) is 1.77. The van der Waals surface area contributed by atoms with E-state index in [1.165, 1.54) is 12.1 Å². The van der Waals surface area contributed by atoms with Crippen molar-refractivity contribution in [1.29, 1.82) is 0 Å². The van der Waals surface area contributed by atoms with Crippen LogP contribution in [0.4, 0.5) is 0 Å². The average molecular weight is 339 g/mol. The first kappa shape index (κ1) is 16.5. The number of benzene rings is 2. The summed E-state index contributed by atoms with van der Waals surface area (Å²) < 4.78 is 24.3. The molecular weight excluding hydrogens is 324 g/mol. The van der Waals surface area contributed by atoms with Crippen molar-refractivity contribution < 1.29 is 13.2 Å². The summed E-state index contributed by atoms with van der Waals surface area (Å²) in [5.74, 6) is -0.627. The van der Waals surface area contributed by atoms with Crippen molar-refractivity contribution in [3.05, 3.63) is 64.2 Å². The lowest BCUT2D eigenvalue weighted by atomic mass is 10.1. The van der Waals surface area contributed by atoms with E-state index in [0.29, 0.717) is 0 Å². The third-order valence-electron chi connectivity index (χ3n) is 3.21. The molecule has 2 aromatic carbocycles. The molecule has 0 unspecified atom stereocenters. The SMILES string of the molecule is Cc1ccc(S(=O)(=O)NNC(=O)c2ccccc2Cl)cc1C. The Balaban J connectivity index is 2.14. The minimum Gasteiger partial charge on any atom is -0.273 e. The number of carbonyl (C=O) groups excluding carboxylic acids is 1. The number of hydrogen-bond donors (Lipinski definition) is 2. The van der Waals surface area contributed by atoms with Crippen LogP contribution in [0.3, 0.4) is 0 Å². The summed E-state index contributed by atoms with van der Waals surface area (Å²) in [6.45, 7) is 3.70. The van der Waals surface area contributed by atoms with Crippen molar-refractivity contribution in [3.8, 4) is 0 Å². The Bertz CT molecular complexity index is 819. The Labute approximate surface area is 134 Å². The molecule has 0 aliphatic carbocycles. The molecule has 0 heterocycles. The third-order valence-corrected chi connectivity index (χ3v) is 4.78. The molecule has 0 aliphatic rings. The molecule has 0 spiro atoms. The summed E-state index contributed by atoms with van der Waals surface area (Å²) in [5, 5.41) is 0.241. The van der Waals surface area contributed by atoms with Crippen LogP contribution in [0.15, 0.2) is 47.4 Å². The monoisotopic (exact) mass is 338 g/mol. The van der Waals surface area contributed by atoms with Gasteiger partial charge < -0.3 is 0 Å². The van der Waals surface area contributed by atoms with E-state index in [1.54, 1.807) is 30.3 Å². The Morgan fingerprint density at radius 2 is 1.73 bits per heavy atom. The molecule has 2 aromatic rings. The zero-order valence-corrected chi connectivity index (χ0v) is 13.6. The molecule has 0 radical (unpaired) electrons. The molecule has 0 saturated carbocycles. The van der Waals surface area contributed by atoms with Crippen molar-refractivity contribution >= 4 is 27.5 Å². The molecule has 2 N–H and O–H groups in total. The van der Waals surface area contributed by atoms with Gasteiger partial charge in [0.1, 0.15) is 0 Å². The van der Waals surface area contributed by atoms with Crippen molar-refractivity contribution in [2.75, 3.05) is 0 Å². The van der Waals surface area contributed by atoms with E-state index in [4.69, 9.17) is 11.6 Å². The molecule has 7 heteroatoms. The first-order chi connectivity index (χ1) is 10.3. The predicted molar refractivity (Wildman–Crippen MR) is 85.2 cm³/mol. The maximum Gasteiger partial charge on any atom is 0.267 e. The highest BCUT2D eigenvalue weighted by atomic mass is 35.5. The smallest absolute Gasteiger partial charge is 0.267 e. The van der Waals surface area contributed by atoms with Crippen molar-refractivity contribution in [1.82, 2.24) is 10.3 Å². The van der Waals surface area contributed by atoms with Gasteiger partial charge in [0.15, 0.2) is 0 Å². The molecule has 0 atom stereocenters. The normalized spacial score (nSPS) is 11.2. The number of sulfonamides is 1. The summed E-state index contributed by atoms with van der Waals surface area (Å²) in [5.41, 5.74) is 4.17. The number of hydrogen-bond acceptors (Lipinski definition) is 3. The quantitative estimate of drug-likeness (QED) is 0.841. The molecule has 0 saturated heterocycles. The van der Waals surface area contributed by atoms with Gasteiger partial charge in [0.25, 0.3) is 15.9 Å². The molecule has 2 rings (SSSR count). The van der Waals surface area contributed by atoms with Crippen LogP contribution < -0.4 is 10.3 Å². The minimum atomic E-state index is -3.84. The number of rotatable bonds is 4. The van der Waals surface area contributed by atoms with Gasteiger partial charge in [-0.1, -0.05) is 29.8 Å². The topological polar surface area (TPSA) is 75.3 Å². The van der Waals surface area contributed by atoms with Crippen LogP contribution in [0.2, 0.25) is 5.02 Å². The van der Waals surface area contributed by atoms with Crippen molar-refractivity contribution in [2.24, 2.45) is 0 Å². The fourth-order valence-corrected chi connectivity index (χ4v) is 2.91. The molecule has 0 fully saturated rings. The Kier molecular flexibility index (Phi) is 4.85. The minimum absolute atomic E-state index is 0.0788. The fraction of sp³-hybridized carbons (Fsp3) is 0.133. The van der Waals surface area contributed by atoms with E-state index in [9.17, 15) is 13.2 Å². The molecule has 0 aliphatic heterocycles. The molecule has 0 aromatic heterocycles. The van der Waals surface area contributed by atoms with Gasteiger partial charge >= 0.3 is 0 Å². The maximum absolute atomic E-state index is 12.2. The lowest BCUT2D eigenvalue weighted by Gasteiger charge is -2.10. The lowest BCUT2D eigenvalue weighted by molar-refractivity contribution is 0.0945. The molecule has 0 bridgehead atoms. The van der Waals surface area contributed by atoms with Crippen LogP contribution >= 0.6 is 11.6 Å². The van der Waals surface area contributed by atoms with Crippen LogP contribution in [0, 0.1) is 13.8 Å². The zero-order valence-electron chi connectivity index (χ0n) is 12.1. The summed E-state index contributed by atoms with van der Waals surface area (Å²) in [6, 6.07) is 11.1. The number of hydrazine groups is 1. The zero-order chi connectivity index (χ0) is 16.3. The van der Waals surface area contributed by atoms with E-state index in [0.717, 1.165) is 11.1 Å². The number of nitrogens with one attached hydrogen (secondary N) is 2. The molecule has 116 valence electrons. The molecular formula is C15H15ClN2O3S. The second kappa shape index (κ2) is 6.48. The van der Waals surface area contributed by atoms with Gasteiger partial charge in [-0.05, 0) is 49.2 Å². The summed E-state index contributed by atoms with van der Waals surface area (Å²) >= 11 is 5.89. The molecule has 1 amide bonds. The number of halogens is 1. The Hall–Kier alpha value is -1.89. The third kappa shape index (κ3) is 3.65. The van der Waals surface area contributed by atoms with Crippen LogP contribution in [0.1, 0.15) is 21.5 Å². The van der Waals surface area contributed by atoms with E-state index < -0.39 is 15.9 Å². The van der Waals surface area contributed by atoms with Gasteiger partial charge in [-0.3, -0.25) is 10.2 Å². The predicted octanol–water partition coefficient (Wildman–Crippen LogP) is 2.58. The first-order valence-electron chi connectivity index (χ1n) is 6.45. The highest BCUT2D eigenvalue weighted by Gasteiger charge is 2.17. The van der Waals surface area contributed by atoms with Crippen molar-refractivity contribution in [3.63, 3.8) is 0 Å². The number of aryl methyl sites for hydroxylation is 2. The Morgan fingerprint density at radius 1 is 1.05 bits per heavy atom. The number of amides is 1. The van der Waals surface area contributed by atoms with Gasteiger partial charge in [0.05, 0.1) is 15.5 Å². The summed E-state index contributed by atoms with van der Waals surface area (Å²) in [6.07, 6.45) is 0. The lowest BCUT2D eigenvalue weighted by Crippen LogP contribution is -2.41. The molecule has 22 heavy (non-hydrogen) atoms. The van der Waals surface area contributed by atoms with Gasteiger partial charge in [-0.2, -0.15) is 0 Å². The van der Waals surface area contributed by atoms with Crippen LogP contribution in [0.5, 0.6) is 0 Å². The second-order valence-electron chi connectivity index (χ2n) is 4.79. The Morgan fingerprint density at radius 3 is 2.36 bits per heavy atom.